The molecule has 1 aromatic rings. The van der Waals surface area contributed by atoms with Crippen LogP contribution >= 0.6 is 0 Å². The summed E-state index contributed by atoms with van der Waals surface area (Å²) in [4.78, 5) is 21.2. The standard InChI is InChI=1S/C13H17N3O2/c17-13(18)11-5-15-12(6-14-11)16-7-9-2-1-3-10(4-9)8-16/h5-6,9-10H,1-4,7-8H2,(H,17,18). The monoisotopic (exact) mass is 247 g/mol. The molecule has 1 aliphatic carbocycles. The summed E-state index contributed by atoms with van der Waals surface area (Å²) in [5.41, 5.74) is 0.0101. The molecule has 96 valence electrons. The second-order valence-corrected chi connectivity index (χ2v) is 5.37. The fraction of sp³-hybridized carbons (Fsp3) is 0.615. The van der Waals surface area contributed by atoms with E-state index in [0.29, 0.717) is 0 Å². The molecule has 2 bridgehead atoms. The molecule has 18 heavy (non-hydrogen) atoms. The van der Waals surface area contributed by atoms with Crippen LogP contribution in [0.2, 0.25) is 0 Å². The molecule has 0 aromatic carbocycles. The fourth-order valence-electron chi connectivity index (χ4n) is 3.21. The van der Waals surface area contributed by atoms with E-state index >= 15 is 0 Å². The van der Waals surface area contributed by atoms with Crippen molar-refractivity contribution >= 4 is 11.8 Å². The van der Waals surface area contributed by atoms with E-state index in [1.807, 2.05) is 0 Å². The zero-order valence-electron chi connectivity index (χ0n) is 10.2. The Hall–Kier alpha value is -1.65. The number of fused-ring (bicyclic) bond motifs is 2. The second kappa shape index (κ2) is 4.55. The Kier molecular flexibility index (Phi) is 2.89. The minimum absolute atomic E-state index is 0.0101. The molecule has 2 unspecified atom stereocenters. The van der Waals surface area contributed by atoms with Crippen molar-refractivity contribution in [3.63, 3.8) is 0 Å². The summed E-state index contributed by atoms with van der Waals surface area (Å²) < 4.78 is 0. The van der Waals surface area contributed by atoms with E-state index in [0.717, 1.165) is 30.7 Å². The van der Waals surface area contributed by atoms with Gasteiger partial charge < -0.3 is 10.0 Å². The molecule has 2 fully saturated rings. The van der Waals surface area contributed by atoms with Gasteiger partial charge in [-0.3, -0.25) is 0 Å². The summed E-state index contributed by atoms with van der Waals surface area (Å²) in [6.07, 6.45) is 8.26. The van der Waals surface area contributed by atoms with Crippen LogP contribution < -0.4 is 4.90 Å². The van der Waals surface area contributed by atoms with Crippen molar-refractivity contribution in [3.05, 3.63) is 18.1 Å². The maximum absolute atomic E-state index is 10.7. The number of carbonyl (C=O) groups is 1. The number of piperidine rings is 1. The molecule has 0 radical (unpaired) electrons. The van der Waals surface area contributed by atoms with E-state index in [1.54, 1.807) is 6.20 Å². The summed E-state index contributed by atoms with van der Waals surface area (Å²) in [5.74, 6) is 1.35. The van der Waals surface area contributed by atoms with Gasteiger partial charge in [0.15, 0.2) is 5.69 Å². The Bertz CT molecular complexity index is 434. The summed E-state index contributed by atoms with van der Waals surface area (Å²) in [7, 11) is 0. The van der Waals surface area contributed by atoms with E-state index in [4.69, 9.17) is 5.11 Å². The summed E-state index contributed by atoms with van der Waals surface area (Å²) in [5, 5.41) is 8.80. The Labute approximate surface area is 106 Å². The van der Waals surface area contributed by atoms with Gasteiger partial charge in [0.25, 0.3) is 0 Å². The van der Waals surface area contributed by atoms with E-state index < -0.39 is 5.97 Å². The normalized spacial score (nSPS) is 27.0. The lowest BCUT2D eigenvalue weighted by molar-refractivity contribution is 0.0690. The molecule has 3 rings (SSSR count). The first-order chi connectivity index (χ1) is 8.72. The molecule has 1 saturated carbocycles. The van der Waals surface area contributed by atoms with Gasteiger partial charge in [0.05, 0.1) is 12.4 Å². The van der Waals surface area contributed by atoms with Crippen LogP contribution in [0.25, 0.3) is 0 Å². The van der Waals surface area contributed by atoms with Gasteiger partial charge in [0, 0.05) is 13.1 Å². The first-order valence-electron chi connectivity index (χ1n) is 6.52. The molecule has 1 N–H and O–H groups in total. The first kappa shape index (κ1) is 11.4. The van der Waals surface area contributed by atoms with E-state index in [-0.39, 0.29) is 5.69 Å². The largest absolute Gasteiger partial charge is 0.476 e. The van der Waals surface area contributed by atoms with Gasteiger partial charge in [-0.15, -0.1) is 0 Å². The third-order valence-electron chi connectivity index (χ3n) is 4.03. The number of carboxylic acids is 1. The number of rotatable bonds is 2. The lowest BCUT2D eigenvalue weighted by Gasteiger charge is -2.41. The first-order valence-corrected chi connectivity index (χ1v) is 6.52. The minimum atomic E-state index is -1.02. The molecule has 2 heterocycles. The lowest BCUT2D eigenvalue weighted by Crippen LogP contribution is -2.43. The predicted octanol–water partition coefficient (Wildman–Crippen LogP) is 1.80. The van der Waals surface area contributed by atoms with Crippen LogP contribution in [0.1, 0.15) is 36.2 Å². The van der Waals surface area contributed by atoms with Gasteiger partial charge in [0.2, 0.25) is 0 Å². The van der Waals surface area contributed by atoms with E-state index in [1.165, 1.54) is 31.9 Å². The maximum Gasteiger partial charge on any atom is 0.356 e. The van der Waals surface area contributed by atoms with Crippen molar-refractivity contribution in [2.24, 2.45) is 11.8 Å². The van der Waals surface area contributed by atoms with Crippen molar-refractivity contribution in [3.8, 4) is 0 Å². The van der Waals surface area contributed by atoms with Crippen LogP contribution in [0.15, 0.2) is 12.4 Å². The quantitative estimate of drug-likeness (QED) is 0.863. The number of carboxylic acid groups (broad SMARTS) is 1. The van der Waals surface area contributed by atoms with Crippen molar-refractivity contribution in [1.29, 1.82) is 0 Å². The molecule has 1 aliphatic heterocycles. The molecular formula is C13H17N3O2. The molecular weight excluding hydrogens is 230 g/mol. The third-order valence-corrected chi connectivity index (χ3v) is 4.03. The Morgan fingerprint density at radius 2 is 1.94 bits per heavy atom. The zero-order valence-corrected chi connectivity index (χ0v) is 10.2. The van der Waals surface area contributed by atoms with Gasteiger partial charge in [-0.2, -0.15) is 0 Å². The van der Waals surface area contributed by atoms with E-state index in [9.17, 15) is 4.79 Å². The van der Waals surface area contributed by atoms with Gasteiger partial charge >= 0.3 is 5.97 Å². The van der Waals surface area contributed by atoms with Gasteiger partial charge in [0.1, 0.15) is 5.82 Å². The fourth-order valence-corrected chi connectivity index (χ4v) is 3.21. The molecule has 2 atom stereocenters. The molecule has 1 aromatic heterocycles. The van der Waals surface area contributed by atoms with E-state index in [2.05, 4.69) is 14.9 Å². The predicted molar refractivity (Wildman–Crippen MR) is 66.7 cm³/mol. The molecule has 0 spiro atoms. The van der Waals surface area contributed by atoms with Crippen molar-refractivity contribution in [2.45, 2.75) is 25.7 Å². The van der Waals surface area contributed by atoms with Crippen LogP contribution in [-0.4, -0.2) is 34.1 Å². The number of anilines is 1. The van der Waals surface area contributed by atoms with Gasteiger partial charge in [-0.25, -0.2) is 14.8 Å². The van der Waals surface area contributed by atoms with Crippen LogP contribution in [0.5, 0.6) is 0 Å². The number of aromatic nitrogens is 2. The number of hydrogen-bond acceptors (Lipinski definition) is 4. The number of hydrogen-bond donors (Lipinski definition) is 1. The Morgan fingerprint density at radius 3 is 2.50 bits per heavy atom. The minimum Gasteiger partial charge on any atom is -0.476 e. The Balaban J connectivity index is 1.76. The third kappa shape index (κ3) is 2.17. The highest BCUT2D eigenvalue weighted by molar-refractivity contribution is 5.84. The van der Waals surface area contributed by atoms with Crippen LogP contribution in [-0.2, 0) is 0 Å². The molecule has 2 aliphatic rings. The summed E-state index contributed by atoms with van der Waals surface area (Å²) in [6.45, 7) is 2.08. The number of aromatic carboxylic acids is 1. The smallest absolute Gasteiger partial charge is 0.356 e. The highest BCUT2D eigenvalue weighted by Gasteiger charge is 2.31. The topological polar surface area (TPSA) is 66.3 Å². The highest BCUT2D eigenvalue weighted by Crippen LogP contribution is 2.35. The van der Waals surface area contributed by atoms with Crippen LogP contribution in [0, 0.1) is 11.8 Å². The Morgan fingerprint density at radius 1 is 1.22 bits per heavy atom. The van der Waals surface area contributed by atoms with Crippen LogP contribution in [0.4, 0.5) is 5.82 Å². The molecule has 5 heteroatoms. The average molecular weight is 247 g/mol. The van der Waals surface area contributed by atoms with Crippen molar-refractivity contribution < 1.29 is 9.90 Å². The maximum atomic E-state index is 10.7. The van der Waals surface area contributed by atoms with Gasteiger partial charge in [-0.1, -0.05) is 6.42 Å². The summed E-state index contributed by atoms with van der Waals surface area (Å²) in [6, 6.07) is 0. The van der Waals surface area contributed by atoms with Crippen molar-refractivity contribution in [2.75, 3.05) is 18.0 Å². The SMILES string of the molecule is O=C(O)c1cnc(N2CC3CCCC(C3)C2)cn1. The van der Waals surface area contributed by atoms with Crippen LogP contribution in [0.3, 0.4) is 0 Å². The highest BCUT2D eigenvalue weighted by atomic mass is 16.4. The number of nitrogens with zero attached hydrogens (tertiary/aromatic N) is 3. The molecule has 1 saturated heterocycles. The van der Waals surface area contributed by atoms with Crippen molar-refractivity contribution in [1.82, 2.24) is 9.97 Å². The van der Waals surface area contributed by atoms with Gasteiger partial charge in [-0.05, 0) is 31.1 Å². The average Bonchev–Trinajstić information content (AvgIpc) is 2.38. The lowest BCUT2D eigenvalue weighted by atomic mass is 9.78. The second-order valence-electron chi connectivity index (χ2n) is 5.37. The zero-order chi connectivity index (χ0) is 12.5. The summed E-state index contributed by atoms with van der Waals surface area (Å²) >= 11 is 0. The molecule has 5 nitrogen and oxygen atoms in total. The molecule has 0 amide bonds.